The van der Waals surface area contributed by atoms with Crippen LogP contribution >= 0.6 is 0 Å². The number of ether oxygens (including phenoxy) is 2. The number of aryl methyl sites for hydroxylation is 1. The van der Waals surface area contributed by atoms with Crippen molar-refractivity contribution in [3.63, 3.8) is 0 Å². The van der Waals surface area contributed by atoms with Gasteiger partial charge in [-0.2, -0.15) is 0 Å². The molecule has 0 saturated heterocycles. The maximum Gasteiger partial charge on any atom is 0.305 e. The SMILES string of the molecule is CC=CCC(Oc1ccc(C(=O)c2cn(CCCC(=O)OCC)c3ccccc23)cc1)c1ccc(CC(C)C)cc1. The van der Waals surface area contributed by atoms with Crippen LogP contribution in [0.25, 0.3) is 10.9 Å². The summed E-state index contributed by atoms with van der Waals surface area (Å²) in [6, 6.07) is 24.0. The van der Waals surface area contributed by atoms with Crippen LogP contribution in [-0.4, -0.2) is 22.9 Å². The largest absolute Gasteiger partial charge is 0.485 e. The Balaban J connectivity index is 1.49. The minimum absolute atomic E-state index is 0.0388. The van der Waals surface area contributed by atoms with Gasteiger partial charge in [-0.3, -0.25) is 9.59 Å². The maximum atomic E-state index is 13.6. The molecule has 214 valence electrons. The van der Waals surface area contributed by atoms with Crippen molar-refractivity contribution in [3.05, 3.63) is 113 Å². The molecule has 0 N–H and O–H groups in total. The minimum atomic E-state index is -0.196. The van der Waals surface area contributed by atoms with E-state index in [2.05, 4.69) is 48.8 Å². The first-order valence-corrected chi connectivity index (χ1v) is 14.6. The summed E-state index contributed by atoms with van der Waals surface area (Å²) in [4.78, 5) is 25.4. The third kappa shape index (κ3) is 7.97. The summed E-state index contributed by atoms with van der Waals surface area (Å²) in [5.74, 6) is 1.11. The highest BCUT2D eigenvalue weighted by Gasteiger charge is 2.18. The molecular formula is C36H41NO4. The zero-order valence-electron chi connectivity index (χ0n) is 24.6. The molecule has 5 heteroatoms. The number of benzene rings is 3. The molecule has 5 nitrogen and oxygen atoms in total. The predicted octanol–water partition coefficient (Wildman–Crippen LogP) is 8.50. The van der Waals surface area contributed by atoms with Crippen LogP contribution < -0.4 is 4.74 Å². The van der Waals surface area contributed by atoms with Crippen molar-refractivity contribution in [1.82, 2.24) is 4.57 Å². The lowest BCUT2D eigenvalue weighted by Crippen LogP contribution is -2.08. The maximum absolute atomic E-state index is 13.6. The molecule has 4 rings (SSSR count). The number of fused-ring (bicyclic) bond motifs is 1. The van der Waals surface area contributed by atoms with E-state index in [0.717, 1.165) is 35.1 Å². The van der Waals surface area contributed by atoms with E-state index < -0.39 is 0 Å². The third-order valence-electron chi connectivity index (χ3n) is 7.09. The van der Waals surface area contributed by atoms with Crippen molar-refractivity contribution < 1.29 is 19.1 Å². The molecular weight excluding hydrogens is 510 g/mol. The quantitative estimate of drug-likeness (QED) is 0.0896. The number of para-hydroxylation sites is 1. The number of esters is 1. The fourth-order valence-electron chi connectivity index (χ4n) is 5.10. The second-order valence-corrected chi connectivity index (χ2v) is 10.8. The molecule has 0 aliphatic rings. The number of carbonyl (C=O) groups is 2. The van der Waals surface area contributed by atoms with Crippen molar-refractivity contribution in [2.75, 3.05) is 6.61 Å². The highest BCUT2D eigenvalue weighted by molar-refractivity contribution is 6.16. The van der Waals surface area contributed by atoms with E-state index in [9.17, 15) is 9.59 Å². The Morgan fingerprint density at radius 3 is 2.37 bits per heavy atom. The molecule has 0 saturated carbocycles. The third-order valence-corrected chi connectivity index (χ3v) is 7.09. The normalized spacial score (nSPS) is 12.2. The minimum Gasteiger partial charge on any atom is -0.485 e. The Labute approximate surface area is 243 Å². The average molecular weight is 552 g/mol. The van der Waals surface area contributed by atoms with Gasteiger partial charge in [0.25, 0.3) is 0 Å². The Morgan fingerprint density at radius 2 is 1.68 bits per heavy atom. The summed E-state index contributed by atoms with van der Waals surface area (Å²) in [6.07, 6.45) is 8.76. The van der Waals surface area contributed by atoms with Crippen LogP contribution in [-0.2, 0) is 22.5 Å². The molecule has 0 aliphatic carbocycles. The summed E-state index contributed by atoms with van der Waals surface area (Å²) >= 11 is 0. The van der Waals surface area contributed by atoms with Crippen molar-refractivity contribution in [2.45, 2.75) is 66.0 Å². The summed E-state index contributed by atoms with van der Waals surface area (Å²) < 4.78 is 13.5. The topological polar surface area (TPSA) is 57.5 Å². The van der Waals surface area contributed by atoms with E-state index in [1.165, 1.54) is 5.56 Å². The number of allylic oxidation sites excluding steroid dienone is 1. The summed E-state index contributed by atoms with van der Waals surface area (Å²) in [6.45, 7) is 9.30. The van der Waals surface area contributed by atoms with Crippen molar-refractivity contribution >= 4 is 22.7 Å². The number of hydrogen-bond donors (Lipinski definition) is 0. The molecule has 4 aromatic rings. The Hall–Kier alpha value is -4.12. The molecule has 0 amide bonds. The van der Waals surface area contributed by atoms with Gasteiger partial charge in [0.1, 0.15) is 11.9 Å². The van der Waals surface area contributed by atoms with Gasteiger partial charge in [0.05, 0.1) is 6.61 Å². The summed E-state index contributed by atoms with van der Waals surface area (Å²) in [5, 5.41) is 0.904. The van der Waals surface area contributed by atoms with E-state index in [1.54, 1.807) is 0 Å². The van der Waals surface area contributed by atoms with Crippen LogP contribution in [0.4, 0.5) is 0 Å². The van der Waals surface area contributed by atoms with E-state index >= 15 is 0 Å². The number of aromatic nitrogens is 1. The first-order valence-electron chi connectivity index (χ1n) is 14.6. The van der Waals surface area contributed by atoms with Crippen LogP contribution in [0, 0.1) is 5.92 Å². The molecule has 0 radical (unpaired) electrons. The number of rotatable bonds is 14. The molecule has 0 aliphatic heterocycles. The number of ketones is 1. The van der Waals surface area contributed by atoms with Crippen molar-refractivity contribution in [1.29, 1.82) is 0 Å². The van der Waals surface area contributed by atoms with Gasteiger partial charge in [-0.15, -0.1) is 0 Å². The van der Waals surface area contributed by atoms with Crippen LogP contribution in [0.1, 0.15) is 80.1 Å². The zero-order chi connectivity index (χ0) is 29.2. The predicted molar refractivity (Wildman–Crippen MR) is 165 cm³/mol. The molecule has 0 fully saturated rings. The van der Waals surface area contributed by atoms with Gasteiger partial charge in [0, 0.05) is 47.6 Å². The van der Waals surface area contributed by atoms with Crippen LogP contribution in [0.5, 0.6) is 5.75 Å². The lowest BCUT2D eigenvalue weighted by atomic mass is 9.99. The zero-order valence-corrected chi connectivity index (χ0v) is 24.6. The molecule has 1 heterocycles. The van der Waals surface area contributed by atoms with E-state index in [0.29, 0.717) is 43.0 Å². The number of carbonyl (C=O) groups excluding carboxylic acids is 2. The van der Waals surface area contributed by atoms with E-state index in [4.69, 9.17) is 9.47 Å². The second-order valence-electron chi connectivity index (χ2n) is 10.8. The fourth-order valence-corrected chi connectivity index (χ4v) is 5.10. The fraction of sp³-hybridized carbons (Fsp3) is 0.333. The van der Waals surface area contributed by atoms with Crippen molar-refractivity contribution in [3.8, 4) is 5.75 Å². The van der Waals surface area contributed by atoms with Gasteiger partial charge in [0.15, 0.2) is 5.78 Å². The highest BCUT2D eigenvalue weighted by atomic mass is 16.5. The Bertz CT molecular complexity index is 1460. The molecule has 1 aromatic heterocycles. The lowest BCUT2D eigenvalue weighted by Gasteiger charge is -2.19. The Kier molecular flexibility index (Phi) is 10.6. The van der Waals surface area contributed by atoms with Gasteiger partial charge in [0.2, 0.25) is 0 Å². The summed E-state index contributed by atoms with van der Waals surface area (Å²) in [5.41, 5.74) is 4.70. The Morgan fingerprint density at radius 1 is 0.951 bits per heavy atom. The first-order chi connectivity index (χ1) is 19.9. The van der Waals surface area contributed by atoms with Crippen molar-refractivity contribution in [2.24, 2.45) is 5.92 Å². The summed E-state index contributed by atoms with van der Waals surface area (Å²) in [7, 11) is 0. The van der Waals surface area contributed by atoms with Crippen LogP contribution in [0.3, 0.4) is 0 Å². The molecule has 1 atom stereocenters. The second kappa shape index (κ2) is 14.5. The van der Waals surface area contributed by atoms with E-state index in [1.807, 2.05) is 74.7 Å². The number of nitrogens with zero attached hydrogens (tertiary/aromatic N) is 1. The smallest absolute Gasteiger partial charge is 0.305 e. The molecule has 3 aromatic carbocycles. The van der Waals surface area contributed by atoms with Crippen LogP contribution in [0.2, 0.25) is 0 Å². The van der Waals surface area contributed by atoms with Gasteiger partial charge in [-0.25, -0.2) is 0 Å². The molecule has 0 spiro atoms. The number of hydrogen-bond acceptors (Lipinski definition) is 4. The van der Waals surface area contributed by atoms with Gasteiger partial charge >= 0.3 is 5.97 Å². The molecule has 0 bridgehead atoms. The molecule has 41 heavy (non-hydrogen) atoms. The first kappa shape index (κ1) is 29.9. The van der Waals surface area contributed by atoms with Gasteiger partial charge in [-0.05, 0) is 74.1 Å². The lowest BCUT2D eigenvalue weighted by molar-refractivity contribution is -0.143. The molecule has 1 unspecified atom stereocenters. The highest BCUT2D eigenvalue weighted by Crippen LogP contribution is 2.28. The van der Waals surface area contributed by atoms with Crippen LogP contribution in [0.15, 0.2) is 91.1 Å². The van der Waals surface area contributed by atoms with Gasteiger partial charge < -0.3 is 14.0 Å². The van der Waals surface area contributed by atoms with Gasteiger partial charge in [-0.1, -0.05) is 68.5 Å². The van der Waals surface area contributed by atoms with E-state index in [-0.39, 0.29) is 17.9 Å². The average Bonchev–Trinajstić information content (AvgIpc) is 3.34. The monoisotopic (exact) mass is 551 g/mol. The standard InChI is InChI=1S/C36H41NO4/c1-5-7-13-34(28-17-15-27(16-18-28)24-26(3)4)41-30-21-19-29(20-22-30)36(39)32-25-37(23-10-14-35(38)40-6-2)33-12-9-8-11-31(32)33/h5,7-9,11-12,15-22,25-26,34H,6,10,13-14,23-24H2,1-4H3.